The molecule has 15 heavy (non-hydrogen) atoms. The summed E-state index contributed by atoms with van der Waals surface area (Å²) < 4.78 is 0. The van der Waals surface area contributed by atoms with E-state index >= 15 is 0 Å². The fraction of sp³-hybridized carbons (Fsp3) is 0.545. The Kier molecular flexibility index (Phi) is 4.61. The lowest BCUT2D eigenvalue weighted by molar-refractivity contribution is 0.0953. The highest BCUT2D eigenvalue weighted by atomic mass is 35.5. The van der Waals surface area contributed by atoms with Crippen molar-refractivity contribution in [2.45, 2.75) is 20.8 Å². The lowest BCUT2D eigenvalue weighted by Crippen LogP contribution is -2.28. The van der Waals surface area contributed by atoms with E-state index in [9.17, 15) is 4.79 Å². The molecule has 1 rings (SSSR count). The van der Waals surface area contributed by atoms with Gasteiger partial charge < -0.3 is 5.32 Å². The standard InChI is InChI=1S/C11H16ClNOS/c1-7(5-12)6-13-11(14)10-4-8(2)9(3)15-10/h4,7H,5-6H2,1-3H3,(H,13,14). The average Bonchev–Trinajstić information content (AvgIpc) is 2.55. The molecule has 0 fully saturated rings. The summed E-state index contributed by atoms with van der Waals surface area (Å²) in [5.74, 6) is 0.897. The van der Waals surface area contributed by atoms with Crippen LogP contribution < -0.4 is 5.32 Å². The van der Waals surface area contributed by atoms with E-state index in [0.29, 0.717) is 18.3 Å². The van der Waals surface area contributed by atoms with Gasteiger partial charge in [0.1, 0.15) is 0 Å². The van der Waals surface area contributed by atoms with E-state index in [4.69, 9.17) is 11.6 Å². The van der Waals surface area contributed by atoms with Crippen molar-refractivity contribution < 1.29 is 4.79 Å². The highest BCUT2D eigenvalue weighted by molar-refractivity contribution is 7.14. The fourth-order valence-corrected chi connectivity index (χ4v) is 2.15. The Morgan fingerprint density at radius 1 is 1.60 bits per heavy atom. The highest BCUT2D eigenvalue weighted by Crippen LogP contribution is 2.20. The maximum Gasteiger partial charge on any atom is 0.261 e. The van der Waals surface area contributed by atoms with Gasteiger partial charge in [-0.2, -0.15) is 0 Å². The second-order valence-corrected chi connectivity index (χ2v) is 5.38. The predicted octanol–water partition coefficient (Wildman–Crippen LogP) is 2.97. The molecule has 0 aromatic carbocycles. The van der Waals surface area contributed by atoms with Crippen molar-refractivity contribution >= 4 is 28.8 Å². The summed E-state index contributed by atoms with van der Waals surface area (Å²) in [5, 5.41) is 2.88. The quantitative estimate of drug-likeness (QED) is 0.812. The van der Waals surface area contributed by atoms with Crippen LogP contribution in [0.2, 0.25) is 0 Å². The summed E-state index contributed by atoms with van der Waals surface area (Å²) in [6.07, 6.45) is 0. The zero-order valence-electron chi connectivity index (χ0n) is 9.26. The summed E-state index contributed by atoms with van der Waals surface area (Å²) in [6, 6.07) is 1.93. The van der Waals surface area contributed by atoms with Crippen LogP contribution in [0.25, 0.3) is 0 Å². The molecule has 4 heteroatoms. The first-order chi connectivity index (χ1) is 7.04. The van der Waals surface area contributed by atoms with Crippen LogP contribution in [-0.4, -0.2) is 18.3 Å². The number of halogens is 1. The Morgan fingerprint density at radius 2 is 2.27 bits per heavy atom. The number of hydrogen-bond donors (Lipinski definition) is 1. The summed E-state index contributed by atoms with van der Waals surface area (Å²) >= 11 is 7.20. The molecule has 1 heterocycles. The van der Waals surface area contributed by atoms with Gasteiger partial charge in [0.25, 0.3) is 5.91 Å². The molecule has 1 N–H and O–H groups in total. The van der Waals surface area contributed by atoms with E-state index in [1.165, 1.54) is 21.8 Å². The van der Waals surface area contributed by atoms with Crippen molar-refractivity contribution in [1.29, 1.82) is 0 Å². The van der Waals surface area contributed by atoms with Crippen LogP contribution in [-0.2, 0) is 0 Å². The molecule has 0 spiro atoms. The lowest BCUT2D eigenvalue weighted by atomic mass is 10.2. The van der Waals surface area contributed by atoms with E-state index in [-0.39, 0.29) is 5.91 Å². The molecule has 1 unspecified atom stereocenters. The predicted molar refractivity (Wildman–Crippen MR) is 66.0 cm³/mol. The molecular formula is C11H16ClNOS. The molecule has 1 atom stereocenters. The number of nitrogens with one attached hydrogen (secondary N) is 1. The Bertz CT molecular complexity index is 329. The van der Waals surface area contributed by atoms with Crippen LogP contribution in [0.3, 0.4) is 0 Å². The van der Waals surface area contributed by atoms with Crippen LogP contribution in [0, 0.1) is 19.8 Å². The van der Waals surface area contributed by atoms with E-state index in [0.717, 1.165) is 4.88 Å². The largest absolute Gasteiger partial charge is 0.351 e. The summed E-state index contributed by atoms with van der Waals surface area (Å²) in [7, 11) is 0. The third-order valence-electron chi connectivity index (χ3n) is 2.26. The molecule has 84 valence electrons. The summed E-state index contributed by atoms with van der Waals surface area (Å²) in [5.41, 5.74) is 1.18. The third kappa shape index (κ3) is 3.50. The van der Waals surface area contributed by atoms with Crippen molar-refractivity contribution in [3.63, 3.8) is 0 Å². The Balaban J connectivity index is 2.54. The number of carbonyl (C=O) groups excluding carboxylic acids is 1. The van der Waals surface area contributed by atoms with Gasteiger partial charge in [0.2, 0.25) is 0 Å². The number of hydrogen-bond acceptors (Lipinski definition) is 2. The Labute approximate surface area is 99.6 Å². The van der Waals surface area contributed by atoms with Crippen LogP contribution >= 0.6 is 22.9 Å². The third-order valence-corrected chi connectivity index (χ3v) is 3.94. The minimum atomic E-state index is 0.00756. The SMILES string of the molecule is Cc1cc(C(=O)NCC(C)CCl)sc1C. The van der Waals surface area contributed by atoms with Crippen LogP contribution in [0.5, 0.6) is 0 Å². The van der Waals surface area contributed by atoms with Crippen LogP contribution in [0.4, 0.5) is 0 Å². The van der Waals surface area contributed by atoms with E-state index in [2.05, 4.69) is 5.32 Å². The van der Waals surface area contributed by atoms with Crippen molar-refractivity contribution in [2.24, 2.45) is 5.92 Å². The number of rotatable bonds is 4. The van der Waals surface area contributed by atoms with Gasteiger partial charge in [-0.15, -0.1) is 22.9 Å². The molecule has 0 aliphatic carbocycles. The number of thiophene rings is 1. The van der Waals surface area contributed by atoms with Gasteiger partial charge in [-0.1, -0.05) is 6.92 Å². The van der Waals surface area contributed by atoms with Crippen molar-refractivity contribution in [1.82, 2.24) is 5.32 Å². The average molecular weight is 246 g/mol. The van der Waals surface area contributed by atoms with Gasteiger partial charge in [-0.3, -0.25) is 4.79 Å². The molecule has 1 amide bonds. The molecule has 0 saturated carbocycles. The molecule has 1 aromatic rings. The normalized spacial score (nSPS) is 12.5. The molecule has 0 saturated heterocycles. The lowest BCUT2D eigenvalue weighted by Gasteiger charge is -2.07. The van der Waals surface area contributed by atoms with Crippen molar-refractivity contribution in [3.8, 4) is 0 Å². The van der Waals surface area contributed by atoms with Crippen molar-refractivity contribution in [3.05, 3.63) is 21.4 Å². The maximum absolute atomic E-state index is 11.7. The molecular weight excluding hydrogens is 230 g/mol. The van der Waals surface area contributed by atoms with Gasteiger partial charge >= 0.3 is 0 Å². The van der Waals surface area contributed by atoms with Crippen LogP contribution in [0.15, 0.2) is 6.07 Å². The molecule has 1 aromatic heterocycles. The van der Waals surface area contributed by atoms with Crippen molar-refractivity contribution in [2.75, 3.05) is 12.4 Å². The van der Waals surface area contributed by atoms with Gasteiger partial charge in [0, 0.05) is 17.3 Å². The first-order valence-corrected chi connectivity index (χ1v) is 6.31. The van der Waals surface area contributed by atoms with Gasteiger partial charge in [0.15, 0.2) is 0 Å². The second-order valence-electron chi connectivity index (χ2n) is 3.82. The smallest absolute Gasteiger partial charge is 0.261 e. The summed E-state index contributed by atoms with van der Waals surface area (Å²) in [6.45, 7) is 6.69. The van der Waals surface area contributed by atoms with Gasteiger partial charge in [-0.25, -0.2) is 0 Å². The first-order valence-electron chi connectivity index (χ1n) is 4.95. The van der Waals surface area contributed by atoms with E-state index in [1.807, 2.05) is 26.8 Å². The molecule has 0 aliphatic heterocycles. The monoisotopic (exact) mass is 245 g/mol. The zero-order valence-corrected chi connectivity index (χ0v) is 10.8. The second kappa shape index (κ2) is 5.52. The fourth-order valence-electron chi connectivity index (χ4n) is 1.09. The summed E-state index contributed by atoms with van der Waals surface area (Å²) in [4.78, 5) is 13.7. The highest BCUT2D eigenvalue weighted by Gasteiger charge is 2.10. The number of aryl methyl sites for hydroxylation is 2. The van der Waals surface area contributed by atoms with Gasteiger partial charge in [-0.05, 0) is 31.4 Å². The minimum Gasteiger partial charge on any atom is -0.351 e. The Hall–Kier alpha value is -0.540. The van der Waals surface area contributed by atoms with E-state index in [1.54, 1.807) is 0 Å². The zero-order chi connectivity index (χ0) is 11.4. The first kappa shape index (κ1) is 12.5. The van der Waals surface area contributed by atoms with Gasteiger partial charge in [0.05, 0.1) is 4.88 Å². The maximum atomic E-state index is 11.7. The Morgan fingerprint density at radius 3 is 2.73 bits per heavy atom. The number of alkyl halides is 1. The van der Waals surface area contributed by atoms with E-state index < -0.39 is 0 Å². The minimum absolute atomic E-state index is 0.00756. The molecule has 0 bridgehead atoms. The molecule has 2 nitrogen and oxygen atoms in total. The number of carbonyl (C=O) groups is 1. The number of amides is 1. The molecule has 0 aliphatic rings. The molecule has 0 radical (unpaired) electrons. The van der Waals surface area contributed by atoms with Crippen LogP contribution in [0.1, 0.15) is 27.0 Å². The topological polar surface area (TPSA) is 29.1 Å².